The van der Waals surface area contributed by atoms with Crippen molar-refractivity contribution in [1.29, 1.82) is 0 Å². The van der Waals surface area contributed by atoms with Gasteiger partial charge in [-0.15, -0.1) is 0 Å². The van der Waals surface area contributed by atoms with Crippen molar-refractivity contribution in [2.24, 2.45) is 0 Å². The molecule has 7 heteroatoms. The Morgan fingerprint density at radius 3 is 2.85 bits per heavy atom. The minimum Gasteiger partial charge on any atom is -0.289 e. The van der Waals surface area contributed by atoms with Gasteiger partial charge in [0.05, 0.1) is 6.20 Å². The number of imidazole rings is 1. The van der Waals surface area contributed by atoms with E-state index in [-0.39, 0.29) is 5.03 Å². The van der Waals surface area contributed by atoms with E-state index < -0.39 is 9.05 Å². The fourth-order valence-corrected chi connectivity index (χ4v) is 1.60. The average molecular weight is 218 g/mol. The molecule has 0 bridgehead atoms. The zero-order valence-electron chi connectivity index (χ0n) is 6.25. The third-order valence-electron chi connectivity index (χ3n) is 1.49. The van der Waals surface area contributed by atoms with Gasteiger partial charge in [-0.2, -0.15) is 0 Å². The van der Waals surface area contributed by atoms with E-state index in [4.69, 9.17) is 10.7 Å². The van der Waals surface area contributed by atoms with Crippen LogP contribution in [0.3, 0.4) is 0 Å². The van der Waals surface area contributed by atoms with Gasteiger partial charge in [0.2, 0.25) is 0 Å². The summed E-state index contributed by atoms with van der Waals surface area (Å²) in [7, 11) is 1.35. The maximum Gasteiger partial charge on any atom is 0.280 e. The minimum atomic E-state index is -3.75. The third kappa shape index (κ3) is 1.50. The first-order valence-corrected chi connectivity index (χ1v) is 5.62. The van der Waals surface area contributed by atoms with E-state index in [9.17, 15) is 8.42 Å². The quantitative estimate of drug-likeness (QED) is 0.659. The molecule has 2 rings (SSSR count). The van der Waals surface area contributed by atoms with E-state index in [1.54, 1.807) is 6.07 Å². The number of fused-ring (bicyclic) bond motifs is 1. The van der Waals surface area contributed by atoms with Crippen molar-refractivity contribution in [1.82, 2.24) is 14.4 Å². The van der Waals surface area contributed by atoms with Crippen LogP contribution in [-0.4, -0.2) is 22.8 Å². The molecule has 2 heterocycles. The van der Waals surface area contributed by atoms with Gasteiger partial charge in [-0.3, -0.25) is 4.40 Å². The first-order valence-electron chi connectivity index (χ1n) is 3.31. The summed E-state index contributed by atoms with van der Waals surface area (Å²) in [5.74, 6) is 0. The molecule has 0 saturated heterocycles. The molecule has 2 aromatic rings. The number of aromatic nitrogens is 3. The zero-order valence-corrected chi connectivity index (χ0v) is 7.83. The highest BCUT2D eigenvalue weighted by Gasteiger charge is 2.14. The molecular weight excluding hydrogens is 214 g/mol. The first-order chi connectivity index (χ1) is 6.07. The van der Waals surface area contributed by atoms with E-state index >= 15 is 0 Å². The second-order valence-electron chi connectivity index (χ2n) is 2.36. The van der Waals surface area contributed by atoms with Crippen LogP contribution in [0.1, 0.15) is 0 Å². The van der Waals surface area contributed by atoms with Crippen LogP contribution in [0.15, 0.2) is 29.8 Å². The Morgan fingerprint density at radius 1 is 1.46 bits per heavy atom. The van der Waals surface area contributed by atoms with Gasteiger partial charge < -0.3 is 0 Å². The predicted molar refractivity (Wildman–Crippen MR) is 46.0 cm³/mol. The molecule has 0 aliphatic carbocycles. The highest BCUT2D eigenvalue weighted by molar-refractivity contribution is 8.13. The molecule has 0 saturated carbocycles. The maximum absolute atomic E-state index is 10.9. The number of halogens is 1. The molecule has 2 aromatic heterocycles. The molecule has 0 aromatic carbocycles. The minimum absolute atomic E-state index is 0.165. The van der Waals surface area contributed by atoms with Crippen LogP contribution in [0.2, 0.25) is 0 Å². The molecule has 0 N–H and O–H groups in total. The first kappa shape index (κ1) is 8.46. The molecule has 68 valence electrons. The Bertz CT molecular complexity index is 515. The number of rotatable bonds is 1. The van der Waals surface area contributed by atoms with Crippen molar-refractivity contribution in [2.75, 3.05) is 0 Å². The molecule has 0 aliphatic heterocycles. The van der Waals surface area contributed by atoms with Crippen molar-refractivity contribution >= 4 is 25.4 Å². The number of nitrogens with zero attached hydrogens (tertiary/aromatic N) is 3. The lowest BCUT2D eigenvalue weighted by atomic mass is 10.6. The Labute approximate surface area is 78.4 Å². The second-order valence-corrected chi connectivity index (χ2v) is 4.88. The van der Waals surface area contributed by atoms with Gasteiger partial charge in [0, 0.05) is 16.9 Å². The topological polar surface area (TPSA) is 64.3 Å². The Morgan fingerprint density at radius 2 is 2.23 bits per heavy atom. The summed E-state index contributed by atoms with van der Waals surface area (Å²) in [4.78, 5) is 7.58. The predicted octanol–water partition coefficient (Wildman–Crippen LogP) is 0.657. The van der Waals surface area contributed by atoms with Crippen LogP contribution >= 0.6 is 10.7 Å². The van der Waals surface area contributed by atoms with Gasteiger partial charge in [0.25, 0.3) is 9.05 Å². The highest BCUT2D eigenvalue weighted by Crippen LogP contribution is 2.13. The largest absolute Gasteiger partial charge is 0.289 e. The second kappa shape index (κ2) is 2.68. The lowest BCUT2D eigenvalue weighted by Gasteiger charge is -1.85. The van der Waals surface area contributed by atoms with Gasteiger partial charge in [-0.1, -0.05) is 0 Å². The van der Waals surface area contributed by atoms with Crippen LogP contribution in [0, 0.1) is 0 Å². The average Bonchev–Trinajstić information content (AvgIpc) is 2.45. The standard InChI is InChI=1S/C6H4ClN3O2S/c7-13(11,12)6-3-10-4-8-2-1-5(10)9-6/h1-4H. The Kier molecular flexibility index (Phi) is 1.74. The van der Waals surface area contributed by atoms with Crippen LogP contribution in [0.4, 0.5) is 0 Å². The van der Waals surface area contributed by atoms with E-state index in [0.717, 1.165) is 0 Å². The monoisotopic (exact) mass is 217 g/mol. The highest BCUT2D eigenvalue weighted by atomic mass is 35.7. The van der Waals surface area contributed by atoms with Crippen molar-refractivity contribution in [2.45, 2.75) is 5.03 Å². The van der Waals surface area contributed by atoms with Crippen LogP contribution in [0.5, 0.6) is 0 Å². The van der Waals surface area contributed by atoms with Crippen LogP contribution in [-0.2, 0) is 9.05 Å². The molecule has 5 nitrogen and oxygen atoms in total. The summed E-state index contributed by atoms with van der Waals surface area (Å²) in [5.41, 5.74) is 0.495. The Balaban J connectivity index is 2.77. The van der Waals surface area contributed by atoms with Gasteiger partial charge in [-0.25, -0.2) is 18.4 Å². The van der Waals surface area contributed by atoms with Crippen molar-refractivity contribution < 1.29 is 8.42 Å². The lowest BCUT2D eigenvalue weighted by Crippen LogP contribution is -1.88. The molecule has 0 fully saturated rings. The summed E-state index contributed by atoms with van der Waals surface area (Å²) < 4.78 is 23.2. The van der Waals surface area contributed by atoms with Gasteiger partial charge in [0.1, 0.15) is 12.0 Å². The smallest absolute Gasteiger partial charge is 0.280 e. The molecule has 13 heavy (non-hydrogen) atoms. The number of hydrogen-bond acceptors (Lipinski definition) is 4. The lowest BCUT2D eigenvalue weighted by molar-refractivity contribution is 0.607. The van der Waals surface area contributed by atoms with Crippen molar-refractivity contribution in [3.05, 3.63) is 24.8 Å². The fourth-order valence-electron chi connectivity index (χ4n) is 0.938. The molecule has 0 aliphatic rings. The Hall–Kier alpha value is -1.14. The van der Waals surface area contributed by atoms with E-state index in [2.05, 4.69) is 9.97 Å². The van der Waals surface area contributed by atoms with Gasteiger partial charge >= 0.3 is 0 Å². The summed E-state index contributed by atoms with van der Waals surface area (Å²) in [6.07, 6.45) is 4.28. The van der Waals surface area contributed by atoms with Gasteiger partial charge in [-0.05, 0) is 6.07 Å². The molecule has 0 radical (unpaired) electrons. The SMILES string of the molecule is O=S(=O)(Cl)c1cn2cnccc2n1. The molecule has 0 unspecified atom stereocenters. The van der Waals surface area contributed by atoms with Crippen LogP contribution < -0.4 is 0 Å². The zero-order chi connectivity index (χ0) is 9.47. The van der Waals surface area contributed by atoms with Gasteiger partial charge in [0.15, 0.2) is 5.03 Å². The summed E-state index contributed by atoms with van der Waals surface area (Å²) in [6, 6.07) is 1.59. The fraction of sp³-hybridized carbons (Fsp3) is 0. The summed E-state index contributed by atoms with van der Waals surface area (Å²) >= 11 is 0. The molecule has 0 spiro atoms. The van der Waals surface area contributed by atoms with Crippen molar-refractivity contribution in [3.63, 3.8) is 0 Å². The van der Waals surface area contributed by atoms with Crippen LogP contribution in [0.25, 0.3) is 5.65 Å². The van der Waals surface area contributed by atoms with E-state index in [1.807, 2.05) is 0 Å². The molecule has 0 amide bonds. The normalized spacial score (nSPS) is 12.1. The molecule has 0 atom stereocenters. The summed E-state index contributed by atoms with van der Waals surface area (Å²) in [6.45, 7) is 0. The summed E-state index contributed by atoms with van der Waals surface area (Å²) in [5, 5.41) is -0.165. The number of hydrogen-bond donors (Lipinski definition) is 0. The van der Waals surface area contributed by atoms with Crippen molar-refractivity contribution in [3.8, 4) is 0 Å². The van der Waals surface area contributed by atoms with E-state index in [1.165, 1.54) is 23.1 Å². The van der Waals surface area contributed by atoms with E-state index in [0.29, 0.717) is 5.65 Å². The third-order valence-corrected chi connectivity index (χ3v) is 2.66. The maximum atomic E-state index is 10.9. The molecular formula is C6H4ClN3O2S.